The number of aromatic nitrogens is 3. The van der Waals surface area contributed by atoms with Gasteiger partial charge < -0.3 is 15.0 Å². The number of nitrogens with zero attached hydrogens (tertiary/aromatic N) is 5. The number of amides is 1. The van der Waals surface area contributed by atoms with Gasteiger partial charge in [0, 0.05) is 20.5 Å². The Morgan fingerprint density at radius 3 is 2.80 bits per heavy atom. The zero-order valence-corrected chi connectivity index (χ0v) is 8.45. The summed E-state index contributed by atoms with van der Waals surface area (Å²) in [6.07, 6.45) is 1.44. The van der Waals surface area contributed by atoms with Gasteiger partial charge in [-0.1, -0.05) is 0 Å². The molecular formula is C7H11N5O3. The fourth-order valence-electron chi connectivity index (χ4n) is 0.915. The van der Waals surface area contributed by atoms with Crippen LogP contribution in [-0.4, -0.2) is 44.8 Å². The minimum absolute atomic E-state index is 0.0619. The summed E-state index contributed by atoms with van der Waals surface area (Å²) in [4.78, 5) is 22.3. The molecule has 82 valence electrons. The van der Waals surface area contributed by atoms with Crippen LogP contribution in [0.2, 0.25) is 0 Å². The molecule has 0 radical (unpaired) electrons. The average Bonchev–Trinajstić information content (AvgIpc) is 2.62. The first kappa shape index (κ1) is 11.1. The van der Waals surface area contributed by atoms with Crippen LogP contribution >= 0.6 is 0 Å². The van der Waals surface area contributed by atoms with Crippen molar-refractivity contribution in [3.05, 3.63) is 16.3 Å². The minimum atomic E-state index is -0.628. The molecule has 8 heteroatoms. The van der Waals surface area contributed by atoms with Crippen LogP contribution in [0.4, 0.5) is 5.82 Å². The lowest BCUT2D eigenvalue weighted by molar-refractivity contribution is -0.389. The van der Waals surface area contributed by atoms with Gasteiger partial charge in [-0.25, -0.2) is 4.68 Å². The number of nitro groups is 1. The molecule has 0 spiro atoms. The summed E-state index contributed by atoms with van der Waals surface area (Å²) in [7, 11) is 3.29. The van der Waals surface area contributed by atoms with E-state index in [9.17, 15) is 14.9 Å². The zero-order chi connectivity index (χ0) is 11.4. The van der Waals surface area contributed by atoms with Gasteiger partial charge in [0.15, 0.2) is 0 Å². The highest BCUT2D eigenvalue weighted by Gasteiger charge is 2.12. The maximum absolute atomic E-state index is 11.2. The molecule has 1 heterocycles. The largest absolute Gasteiger partial charge is 0.410 e. The Hall–Kier alpha value is -1.99. The Morgan fingerprint density at radius 1 is 1.67 bits per heavy atom. The standard InChI is InChI=1S/C7H11N5O3/c1-10(2)7(13)3-4-11-5-6(8-9-11)12(14)15/h5H,3-4H2,1-2H3. The van der Waals surface area contributed by atoms with E-state index in [0.29, 0.717) is 0 Å². The maximum atomic E-state index is 11.2. The normalized spacial score (nSPS) is 10.0. The molecule has 1 aromatic rings. The highest BCUT2D eigenvalue weighted by Crippen LogP contribution is 2.03. The molecule has 0 aliphatic rings. The van der Waals surface area contributed by atoms with Crippen molar-refractivity contribution in [1.29, 1.82) is 0 Å². The van der Waals surface area contributed by atoms with Crippen molar-refractivity contribution in [3.63, 3.8) is 0 Å². The van der Waals surface area contributed by atoms with Crippen LogP contribution in [0.25, 0.3) is 0 Å². The Kier molecular flexibility index (Phi) is 3.32. The van der Waals surface area contributed by atoms with E-state index in [-0.39, 0.29) is 24.7 Å². The first-order valence-electron chi connectivity index (χ1n) is 4.25. The van der Waals surface area contributed by atoms with E-state index in [2.05, 4.69) is 10.3 Å². The number of carbonyl (C=O) groups excluding carboxylic acids is 1. The van der Waals surface area contributed by atoms with Crippen molar-refractivity contribution < 1.29 is 9.72 Å². The summed E-state index contributed by atoms with van der Waals surface area (Å²) >= 11 is 0. The monoisotopic (exact) mass is 213 g/mol. The molecule has 0 N–H and O–H groups in total. The van der Waals surface area contributed by atoms with Gasteiger partial charge in [-0.3, -0.25) is 4.79 Å². The summed E-state index contributed by atoms with van der Waals surface area (Å²) in [6, 6.07) is 0. The molecular weight excluding hydrogens is 202 g/mol. The lowest BCUT2D eigenvalue weighted by Crippen LogP contribution is -2.22. The second-order valence-electron chi connectivity index (χ2n) is 3.14. The van der Waals surface area contributed by atoms with Crippen LogP contribution in [0.5, 0.6) is 0 Å². The van der Waals surface area contributed by atoms with Gasteiger partial charge >= 0.3 is 5.82 Å². The summed E-state index contributed by atoms with van der Waals surface area (Å²) < 4.78 is 1.28. The van der Waals surface area contributed by atoms with Gasteiger partial charge in [0.25, 0.3) is 0 Å². The smallest absolute Gasteiger partial charge is 0.358 e. The molecule has 1 amide bonds. The van der Waals surface area contributed by atoms with Crippen LogP contribution in [0, 0.1) is 10.1 Å². The van der Waals surface area contributed by atoms with E-state index in [1.807, 2.05) is 0 Å². The van der Waals surface area contributed by atoms with Crippen LogP contribution in [-0.2, 0) is 11.3 Å². The van der Waals surface area contributed by atoms with E-state index in [1.54, 1.807) is 14.1 Å². The molecule has 8 nitrogen and oxygen atoms in total. The Morgan fingerprint density at radius 2 is 2.33 bits per heavy atom. The summed E-state index contributed by atoms with van der Waals surface area (Å²) in [6.45, 7) is 0.290. The van der Waals surface area contributed by atoms with Gasteiger partial charge in [0.2, 0.25) is 5.91 Å². The molecule has 0 bridgehead atoms. The fraction of sp³-hybridized carbons (Fsp3) is 0.571. The molecule has 0 saturated heterocycles. The molecule has 15 heavy (non-hydrogen) atoms. The first-order chi connectivity index (χ1) is 7.00. The predicted molar refractivity (Wildman–Crippen MR) is 50.0 cm³/mol. The third-order valence-electron chi connectivity index (χ3n) is 1.77. The van der Waals surface area contributed by atoms with Crippen molar-refractivity contribution in [2.45, 2.75) is 13.0 Å². The molecule has 0 aliphatic heterocycles. The Bertz CT molecular complexity index is 372. The van der Waals surface area contributed by atoms with E-state index in [1.165, 1.54) is 15.8 Å². The maximum Gasteiger partial charge on any atom is 0.410 e. The van der Waals surface area contributed by atoms with E-state index in [0.717, 1.165) is 0 Å². The van der Waals surface area contributed by atoms with Gasteiger partial charge in [0.1, 0.15) is 11.3 Å². The van der Waals surface area contributed by atoms with Gasteiger partial charge in [-0.05, 0) is 4.92 Å². The van der Waals surface area contributed by atoms with Gasteiger partial charge in [-0.15, -0.1) is 0 Å². The fourth-order valence-corrected chi connectivity index (χ4v) is 0.915. The summed E-state index contributed by atoms with van der Waals surface area (Å²) in [5.41, 5.74) is 0. The lowest BCUT2D eigenvalue weighted by atomic mass is 10.4. The van der Waals surface area contributed by atoms with Gasteiger partial charge in [-0.2, -0.15) is 0 Å². The van der Waals surface area contributed by atoms with Gasteiger partial charge in [0.05, 0.1) is 11.8 Å². The number of aryl methyl sites for hydroxylation is 1. The molecule has 1 aromatic heterocycles. The zero-order valence-electron chi connectivity index (χ0n) is 8.45. The van der Waals surface area contributed by atoms with Crippen molar-refractivity contribution in [2.75, 3.05) is 14.1 Å². The molecule has 0 aliphatic carbocycles. The van der Waals surface area contributed by atoms with Crippen LogP contribution in [0.15, 0.2) is 6.20 Å². The van der Waals surface area contributed by atoms with E-state index in [4.69, 9.17) is 0 Å². The second-order valence-corrected chi connectivity index (χ2v) is 3.14. The highest BCUT2D eigenvalue weighted by atomic mass is 16.6. The number of hydrogen-bond acceptors (Lipinski definition) is 5. The van der Waals surface area contributed by atoms with Crippen molar-refractivity contribution in [1.82, 2.24) is 19.9 Å². The lowest BCUT2D eigenvalue weighted by Gasteiger charge is -2.08. The third-order valence-corrected chi connectivity index (χ3v) is 1.77. The number of rotatable bonds is 4. The molecule has 0 fully saturated rings. The minimum Gasteiger partial charge on any atom is -0.358 e. The van der Waals surface area contributed by atoms with E-state index < -0.39 is 4.92 Å². The molecule has 0 saturated carbocycles. The quantitative estimate of drug-likeness (QED) is 0.504. The topological polar surface area (TPSA) is 94.2 Å². The predicted octanol–water partition coefficient (Wildman–Crippen LogP) is -0.335. The molecule has 0 atom stereocenters. The summed E-state index contributed by atoms with van der Waals surface area (Å²) in [5.74, 6) is -0.375. The van der Waals surface area contributed by atoms with Crippen molar-refractivity contribution >= 4 is 11.7 Å². The summed E-state index contributed by atoms with van der Waals surface area (Å²) in [5, 5.41) is 17.1. The Labute approximate surface area is 85.6 Å². The SMILES string of the molecule is CN(C)C(=O)CCn1cc([N+](=O)[O-])nn1. The molecule has 0 aromatic carbocycles. The van der Waals surface area contributed by atoms with Crippen LogP contribution < -0.4 is 0 Å². The second kappa shape index (κ2) is 4.49. The van der Waals surface area contributed by atoms with E-state index >= 15 is 0 Å². The molecule has 0 unspecified atom stereocenters. The first-order valence-corrected chi connectivity index (χ1v) is 4.25. The average molecular weight is 213 g/mol. The third kappa shape index (κ3) is 3.01. The molecule has 1 rings (SSSR count). The Balaban J connectivity index is 2.51. The van der Waals surface area contributed by atoms with Crippen LogP contribution in [0.3, 0.4) is 0 Å². The number of hydrogen-bond donors (Lipinski definition) is 0. The number of carbonyl (C=O) groups is 1. The van der Waals surface area contributed by atoms with Crippen molar-refractivity contribution in [3.8, 4) is 0 Å². The van der Waals surface area contributed by atoms with Crippen molar-refractivity contribution in [2.24, 2.45) is 0 Å². The highest BCUT2D eigenvalue weighted by molar-refractivity contribution is 5.75. The van der Waals surface area contributed by atoms with Crippen LogP contribution in [0.1, 0.15) is 6.42 Å².